The van der Waals surface area contributed by atoms with Crippen molar-refractivity contribution in [2.24, 2.45) is 17.8 Å². The van der Waals surface area contributed by atoms with Gasteiger partial charge in [0.15, 0.2) is 0 Å². The number of carbonyl (C=O) groups is 1. The molecule has 0 aromatic carbocycles. The summed E-state index contributed by atoms with van der Waals surface area (Å²) in [6.45, 7) is 2.21. The molecule has 1 N–H and O–H groups in total. The largest absolute Gasteiger partial charge is 0.494 e. The lowest BCUT2D eigenvalue weighted by Crippen LogP contribution is -2.23. The van der Waals surface area contributed by atoms with Crippen molar-refractivity contribution in [3.63, 3.8) is 0 Å². The predicted octanol–water partition coefficient (Wildman–Crippen LogP) is 2.80. The van der Waals surface area contributed by atoms with E-state index in [4.69, 9.17) is 9.47 Å². The van der Waals surface area contributed by atoms with Gasteiger partial charge < -0.3 is 14.8 Å². The van der Waals surface area contributed by atoms with Crippen LogP contribution in [0.25, 0.3) is 0 Å². The topological polar surface area (TPSA) is 60.5 Å². The summed E-state index contributed by atoms with van der Waals surface area (Å²) < 4.78 is 12.2. The first-order chi connectivity index (χ1) is 11.2. The number of amides is 1. The molecule has 5 heteroatoms. The number of nitrogens with zero attached hydrogens (tertiary/aromatic N) is 1. The average Bonchev–Trinajstić information content (AvgIpc) is 3.20. The summed E-state index contributed by atoms with van der Waals surface area (Å²) in [7, 11) is 0. The Balaban J connectivity index is 1.44. The van der Waals surface area contributed by atoms with Gasteiger partial charge in [0.05, 0.1) is 0 Å². The Morgan fingerprint density at radius 3 is 3.17 bits per heavy atom. The van der Waals surface area contributed by atoms with E-state index in [-0.39, 0.29) is 5.91 Å². The van der Waals surface area contributed by atoms with Gasteiger partial charge in [-0.1, -0.05) is 6.92 Å². The third-order valence-electron chi connectivity index (χ3n) is 5.36. The minimum Gasteiger partial charge on any atom is -0.494 e. The van der Waals surface area contributed by atoms with E-state index in [0.29, 0.717) is 42.5 Å². The molecule has 3 heterocycles. The number of hydrogen-bond donors (Lipinski definition) is 1. The number of rotatable bonds is 2. The summed E-state index contributed by atoms with van der Waals surface area (Å²) in [6, 6.07) is 1.88. The van der Waals surface area contributed by atoms with Gasteiger partial charge in [0, 0.05) is 35.9 Å². The first kappa shape index (κ1) is 13.2. The van der Waals surface area contributed by atoms with Crippen LogP contribution in [0.1, 0.15) is 25.3 Å². The molecule has 1 amide bonds. The van der Waals surface area contributed by atoms with Crippen LogP contribution in [0.15, 0.2) is 35.9 Å². The molecule has 118 valence electrons. The summed E-state index contributed by atoms with van der Waals surface area (Å²) in [6.07, 6.45) is 8.53. The maximum Gasteiger partial charge on any atom is 0.225 e. The first-order valence-electron chi connectivity index (χ1n) is 8.25. The zero-order valence-electron chi connectivity index (χ0n) is 12.9. The lowest BCUT2D eigenvalue weighted by atomic mass is 9.84. The van der Waals surface area contributed by atoms with Crippen LogP contribution in [-0.2, 0) is 16.0 Å². The van der Waals surface area contributed by atoms with Crippen molar-refractivity contribution in [3.05, 3.63) is 41.5 Å². The van der Waals surface area contributed by atoms with Gasteiger partial charge in [-0.05, 0) is 31.1 Å². The molecule has 0 radical (unpaired) electrons. The molecule has 2 unspecified atom stereocenters. The van der Waals surface area contributed by atoms with Gasteiger partial charge in [0.25, 0.3) is 0 Å². The van der Waals surface area contributed by atoms with Gasteiger partial charge in [-0.3, -0.25) is 4.79 Å². The molecule has 2 aliphatic heterocycles. The van der Waals surface area contributed by atoms with Gasteiger partial charge in [-0.2, -0.15) is 0 Å². The molecule has 1 aromatic heterocycles. The number of carbonyl (C=O) groups excluding carboxylic acids is 1. The van der Waals surface area contributed by atoms with Gasteiger partial charge in [-0.25, -0.2) is 4.98 Å². The highest BCUT2D eigenvalue weighted by molar-refractivity contribution is 5.93. The van der Waals surface area contributed by atoms with Crippen LogP contribution in [0.3, 0.4) is 0 Å². The number of aromatic nitrogens is 1. The molecular weight excluding hydrogens is 292 g/mol. The van der Waals surface area contributed by atoms with Crippen LogP contribution in [0.2, 0.25) is 0 Å². The minimum atomic E-state index is 0.0165. The third kappa shape index (κ3) is 1.99. The molecule has 4 atom stereocenters. The fourth-order valence-corrected chi connectivity index (χ4v) is 4.03. The van der Waals surface area contributed by atoms with E-state index in [0.717, 1.165) is 22.8 Å². The lowest BCUT2D eigenvalue weighted by molar-refractivity contribution is -0.116. The molecule has 5 nitrogen and oxygen atoms in total. The van der Waals surface area contributed by atoms with Crippen molar-refractivity contribution >= 4 is 11.7 Å². The molecule has 1 saturated heterocycles. The number of nitrogens with one attached hydrogen (secondary N) is 1. The molecular formula is C18H18N2O3. The van der Waals surface area contributed by atoms with E-state index in [9.17, 15) is 4.79 Å². The highest BCUT2D eigenvalue weighted by atomic mass is 16.5. The zero-order valence-corrected chi connectivity index (χ0v) is 12.9. The monoisotopic (exact) mass is 310 g/mol. The van der Waals surface area contributed by atoms with Crippen molar-refractivity contribution in [2.75, 3.05) is 5.32 Å². The quantitative estimate of drug-likeness (QED) is 0.912. The van der Waals surface area contributed by atoms with Crippen LogP contribution in [0.4, 0.5) is 5.82 Å². The molecule has 0 bridgehead atoms. The molecule has 1 aromatic rings. The average molecular weight is 310 g/mol. The van der Waals surface area contributed by atoms with Crippen LogP contribution < -0.4 is 10.1 Å². The standard InChI is InChI=1S/C18H18N2O3/c1-9-12(3-4-14-17(9)11-8-15(11)23-14)22-13-6-7-19-18-10(13)2-5-16(21)20-18/h3-4,6-7,9,11,15,17H,2,5,8H2,1H3,(H,19,20,21)/t9?,11-,15+,17?/m0/s1. The maximum absolute atomic E-state index is 11.5. The Bertz CT molecular complexity index is 768. The van der Waals surface area contributed by atoms with Crippen molar-refractivity contribution in [3.8, 4) is 5.75 Å². The smallest absolute Gasteiger partial charge is 0.225 e. The second-order valence-electron chi connectivity index (χ2n) is 6.79. The Morgan fingerprint density at radius 2 is 2.26 bits per heavy atom. The normalized spacial score (nSPS) is 33.3. The summed E-state index contributed by atoms with van der Waals surface area (Å²) in [5, 5.41) is 2.82. The van der Waals surface area contributed by atoms with E-state index in [2.05, 4.69) is 23.3 Å². The van der Waals surface area contributed by atoms with Crippen molar-refractivity contribution in [1.82, 2.24) is 4.98 Å². The van der Waals surface area contributed by atoms with E-state index in [1.54, 1.807) is 6.20 Å². The third-order valence-corrected chi connectivity index (χ3v) is 5.36. The molecule has 5 rings (SSSR count). The Kier molecular flexibility index (Phi) is 2.63. The SMILES string of the molecule is CC1C(Oc2ccnc3c2CCC(=O)N3)=CC=C2O[C@@H]3C[C@@H]3C21. The van der Waals surface area contributed by atoms with Gasteiger partial charge in [-0.15, -0.1) is 0 Å². The Morgan fingerprint density at radius 1 is 1.35 bits per heavy atom. The Hall–Kier alpha value is -2.30. The predicted molar refractivity (Wildman–Crippen MR) is 83.6 cm³/mol. The summed E-state index contributed by atoms with van der Waals surface area (Å²) >= 11 is 0. The highest BCUT2D eigenvalue weighted by Crippen LogP contribution is 2.56. The van der Waals surface area contributed by atoms with Crippen LogP contribution in [-0.4, -0.2) is 17.0 Å². The van der Waals surface area contributed by atoms with Gasteiger partial charge in [0.2, 0.25) is 5.91 Å². The molecule has 1 saturated carbocycles. The van der Waals surface area contributed by atoms with E-state index < -0.39 is 0 Å². The highest BCUT2D eigenvalue weighted by Gasteiger charge is 2.56. The van der Waals surface area contributed by atoms with Crippen LogP contribution in [0.5, 0.6) is 5.75 Å². The van der Waals surface area contributed by atoms with E-state index in [1.807, 2.05) is 12.1 Å². The molecule has 4 aliphatic rings. The van der Waals surface area contributed by atoms with Crippen molar-refractivity contribution in [2.45, 2.75) is 32.3 Å². The van der Waals surface area contributed by atoms with Gasteiger partial charge in [0.1, 0.15) is 29.2 Å². The number of ether oxygens (including phenoxy) is 2. The molecule has 2 aliphatic carbocycles. The second-order valence-corrected chi connectivity index (χ2v) is 6.79. The lowest BCUT2D eigenvalue weighted by Gasteiger charge is -2.28. The van der Waals surface area contributed by atoms with Gasteiger partial charge >= 0.3 is 0 Å². The zero-order chi connectivity index (χ0) is 15.6. The summed E-state index contributed by atoms with van der Waals surface area (Å²) in [5.41, 5.74) is 0.988. The number of hydrogen-bond acceptors (Lipinski definition) is 4. The molecule has 23 heavy (non-hydrogen) atoms. The summed E-state index contributed by atoms with van der Waals surface area (Å²) in [5.74, 6) is 4.97. The Labute approximate surface area is 134 Å². The molecule has 2 fully saturated rings. The van der Waals surface area contributed by atoms with Crippen molar-refractivity contribution in [1.29, 1.82) is 0 Å². The fourth-order valence-electron chi connectivity index (χ4n) is 4.03. The van der Waals surface area contributed by atoms with Crippen LogP contribution >= 0.6 is 0 Å². The first-order valence-corrected chi connectivity index (χ1v) is 8.25. The second kappa shape index (κ2) is 4.60. The minimum absolute atomic E-state index is 0.0165. The summed E-state index contributed by atoms with van der Waals surface area (Å²) in [4.78, 5) is 15.8. The fraction of sp³-hybridized carbons (Fsp3) is 0.444. The van der Waals surface area contributed by atoms with E-state index >= 15 is 0 Å². The maximum atomic E-state index is 11.5. The van der Waals surface area contributed by atoms with E-state index in [1.165, 1.54) is 6.42 Å². The number of allylic oxidation sites excluding steroid dienone is 4. The number of fused-ring (bicyclic) bond motifs is 4. The molecule has 0 spiro atoms. The van der Waals surface area contributed by atoms with Crippen molar-refractivity contribution < 1.29 is 14.3 Å². The van der Waals surface area contributed by atoms with Crippen LogP contribution in [0, 0.1) is 17.8 Å². The number of anilines is 1. The number of pyridine rings is 1.